The van der Waals surface area contributed by atoms with Gasteiger partial charge < -0.3 is 23.7 Å². The summed E-state index contributed by atoms with van der Waals surface area (Å²) in [5.41, 5.74) is -1.51. The van der Waals surface area contributed by atoms with Gasteiger partial charge in [-0.25, -0.2) is 19.2 Å². The summed E-state index contributed by atoms with van der Waals surface area (Å²) in [6.45, 7) is 19.8. The Labute approximate surface area is 348 Å². The number of likely N-dealkylation sites (tertiary alicyclic amines) is 1. The summed E-state index contributed by atoms with van der Waals surface area (Å²) < 4.78 is 29.0. The number of hydrogen-bond acceptors (Lipinski definition) is 11. The Kier molecular flexibility index (Phi) is 14.5. The molecule has 0 aromatic heterocycles. The van der Waals surface area contributed by atoms with Crippen molar-refractivity contribution in [2.45, 2.75) is 162 Å². The van der Waals surface area contributed by atoms with Gasteiger partial charge in [-0.1, -0.05) is 48.5 Å². The Morgan fingerprint density at radius 1 is 0.746 bits per heavy atom. The molecule has 1 fully saturated rings. The molecular weight excluding hydrogens is 759 g/mol. The lowest BCUT2D eigenvalue weighted by atomic mass is 9.99. The van der Waals surface area contributed by atoms with Crippen LogP contribution < -0.4 is 4.90 Å². The van der Waals surface area contributed by atoms with E-state index in [1.807, 2.05) is 42.5 Å². The van der Waals surface area contributed by atoms with Crippen molar-refractivity contribution in [3.8, 4) is 0 Å². The van der Waals surface area contributed by atoms with Crippen LogP contribution in [0.5, 0.6) is 0 Å². The molecule has 1 saturated heterocycles. The quantitative estimate of drug-likeness (QED) is 0.177. The third-order valence-corrected chi connectivity index (χ3v) is 9.18. The fourth-order valence-electron chi connectivity index (χ4n) is 6.97. The Balaban J connectivity index is 1.78. The largest absolute Gasteiger partial charge is 0.459 e. The number of carbonyl (C=O) groups is 6. The van der Waals surface area contributed by atoms with Gasteiger partial charge in [0.15, 0.2) is 0 Å². The van der Waals surface area contributed by atoms with E-state index in [4.69, 9.17) is 23.7 Å². The second-order valence-electron chi connectivity index (χ2n) is 19.1. The third kappa shape index (κ3) is 13.7. The van der Waals surface area contributed by atoms with Crippen LogP contribution in [0.1, 0.15) is 113 Å². The second kappa shape index (κ2) is 18.4. The predicted octanol–water partition coefficient (Wildman–Crippen LogP) is 7.18. The molecule has 0 saturated carbocycles. The first-order chi connectivity index (χ1) is 27.2. The zero-order valence-electron chi connectivity index (χ0n) is 36.8. The molecule has 2 heterocycles. The van der Waals surface area contributed by atoms with E-state index in [-0.39, 0.29) is 25.8 Å². The van der Waals surface area contributed by atoms with Gasteiger partial charge in [0.25, 0.3) is 5.91 Å². The Morgan fingerprint density at radius 3 is 1.92 bits per heavy atom. The number of amides is 3. The number of rotatable bonds is 10. The summed E-state index contributed by atoms with van der Waals surface area (Å²) >= 11 is 0. The molecule has 59 heavy (non-hydrogen) atoms. The number of fused-ring (bicyclic) bond motifs is 1. The topological polar surface area (TPSA) is 158 Å². The van der Waals surface area contributed by atoms with Crippen LogP contribution in [0.3, 0.4) is 0 Å². The zero-order valence-corrected chi connectivity index (χ0v) is 36.8. The summed E-state index contributed by atoms with van der Waals surface area (Å²) in [7, 11) is 0. The van der Waals surface area contributed by atoms with Gasteiger partial charge in [0, 0.05) is 12.1 Å². The molecule has 0 aliphatic carbocycles. The van der Waals surface area contributed by atoms with Crippen molar-refractivity contribution in [2.75, 3.05) is 18.0 Å². The smallest absolute Gasteiger partial charge is 0.411 e. The van der Waals surface area contributed by atoms with Crippen LogP contribution in [0.25, 0.3) is 0 Å². The van der Waals surface area contributed by atoms with Gasteiger partial charge in [-0.15, -0.1) is 0 Å². The summed E-state index contributed by atoms with van der Waals surface area (Å²) in [5, 5.41) is 0. The van der Waals surface area contributed by atoms with E-state index in [2.05, 4.69) is 0 Å². The van der Waals surface area contributed by atoms with E-state index in [0.29, 0.717) is 18.5 Å². The molecule has 2 aromatic rings. The molecule has 14 heteroatoms. The molecule has 0 spiro atoms. The number of anilines is 1. The van der Waals surface area contributed by atoms with Gasteiger partial charge in [-0.05, 0) is 126 Å². The monoisotopic (exact) mass is 821 g/mol. The molecule has 0 unspecified atom stereocenters. The number of nitrogens with zero attached hydrogens (tertiary/aromatic N) is 3. The highest BCUT2D eigenvalue weighted by atomic mass is 16.6. The number of para-hydroxylation sites is 1. The molecule has 4 rings (SSSR count). The lowest BCUT2D eigenvalue weighted by Gasteiger charge is -2.38. The molecule has 14 nitrogen and oxygen atoms in total. The maximum absolute atomic E-state index is 14.9. The highest BCUT2D eigenvalue weighted by molar-refractivity contribution is 6.03. The van der Waals surface area contributed by atoms with Crippen molar-refractivity contribution in [2.24, 2.45) is 0 Å². The minimum atomic E-state index is -1.39. The van der Waals surface area contributed by atoms with Crippen LogP contribution in [0.2, 0.25) is 0 Å². The molecule has 2 aliphatic heterocycles. The molecule has 0 bridgehead atoms. The van der Waals surface area contributed by atoms with E-state index in [1.54, 1.807) is 95.2 Å². The van der Waals surface area contributed by atoms with Crippen molar-refractivity contribution in [3.05, 3.63) is 65.7 Å². The molecule has 2 aromatic carbocycles. The van der Waals surface area contributed by atoms with Crippen molar-refractivity contribution < 1.29 is 52.5 Å². The maximum atomic E-state index is 14.9. The van der Waals surface area contributed by atoms with Crippen molar-refractivity contribution >= 4 is 41.7 Å². The average Bonchev–Trinajstić information content (AvgIpc) is 3.46. The number of aryl methyl sites for hydroxylation is 2. The van der Waals surface area contributed by atoms with Gasteiger partial charge in [0.05, 0.1) is 6.54 Å². The second-order valence-corrected chi connectivity index (χ2v) is 19.1. The summed E-state index contributed by atoms with van der Waals surface area (Å²) in [4.78, 5) is 88.2. The summed E-state index contributed by atoms with van der Waals surface area (Å²) in [5.74, 6) is -2.81. The highest BCUT2D eigenvalue weighted by Gasteiger charge is 2.48. The predicted molar refractivity (Wildman–Crippen MR) is 220 cm³/mol. The minimum Gasteiger partial charge on any atom is -0.459 e. The average molecular weight is 822 g/mol. The SMILES string of the molecule is CC(C)(C)OC(=O)CN1C(=O)[C@H](N(C(=O)OC(C)(C)C)[C@@H](CCc2ccccc2)C(=O)O[C@@H]2C[C@@H](C(=O)OC(C)(C)C)N(C(=O)OC(C)(C)C)C2)CCc2ccccc21. The van der Waals surface area contributed by atoms with E-state index in [1.165, 1.54) is 9.80 Å². The lowest BCUT2D eigenvalue weighted by Crippen LogP contribution is -2.58. The molecular formula is C45H63N3O11. The van der Waals surface area contributed by atoms with E-state index in [0.717, 1.165) is 16.0 Å². The van der Waals surface area contributed by atoms with Crippen LogP contribution in [-0.2, 0) is 55.7 Å². The van der Waals surface area contributed by atoms with E-state index >= 15 is 0 Å². The van der Waals surface area contributed by atoms with Gasteiger partial charge in [0.1, 0.15) is 53.2 Å². The first kappa shape index (κ1) is 46.5. The number of esters is 3. The molecule has 0 N–H and O–H groups in total. The Morgan fingerprint density at radius 2 is 1.32 bits per heavy atom. The molecule has 0 radical (unpaired) electrons. The number of benzene rings is 2. The molecule has 3 amide bonds. The number of ether oxygens (including phenoxy) is 5. The third-order valence-electron chi connectivity index (χ3n) is 9.18. The molecule has 4 atom stereocenters. The standard InChI is InChI=1S/C45H63N3O11/c1-42(2,3)56-36(49)28-46-32-21-17-16-20-30(32)23-25-33(37(46)50)48(41(54)59-45(10,11)12)34(24-22-29-18-14-13-15-19-29)38(51)55-31-26-35(39(52)57-43(4,5)6)47(27-31)40(53)58-44(7,8)9/h13-21,31,33-35H,22-28H2,1-12H3/t31-,33-,34+,35+/m1/s1. The first-order valence-corrected chi connectivity index (χ1v) is 20.3. The van der Waals surface area contributed by atoms with Gasteiger partial charge in [-0.3, -0.25) is 24.3 Å². The van der Waals surface area contributed by atoms with E-state index < -0.39 is 89.2 Å². The normalized spacial score (nSPS) is 19.2. The first-order valence-electron chi connectivity index (χ1n) is 20.3. The number of carbonyl (C=O) groups excluding carboxylic acids is 6. The molecule has 2 aliphatic rings. The summed E-state index contributed by atoms with van der Waals surface area (Å²) in [6, 6.07) is 12.7. The lowest BCUT2D eigenvalue weighted by molar-refractivity contribution is -0.161. The Hall–Kier alpha value is -5.14. The fourth-order valence-corrected chi connectivity index (χ4v) is 6.97. The highest BCUT2D eigenvalue weighted by Crippen LogP contribution is 2.33. The van der Waals surface area contributed by atoms with E-state index in [9.17, 15) is 28.8 Å². The molecule has 324 valence electrons. The van der Waals surface area contributed by atoms with Crippen LogP contribution in [0.15, 0.2) is 54.6 Å². The maximum Gasteiger partial charge on any atom is 0.411 e. The van der Waals surface area contributed by atoms with Gasteiger partial charge >= 0.3 is 30.1 Å². The van der Waals surface area contributed by atoms with Crippen LogP contribution in [0.4, 0.5) is 15.3 Å². The van der Waals surface area contributed by atoms with Crippen LogP contribution in [0, 0.1) is 0 Å². The zero-order chi connectivity index (χ0) is 44.1. The van der Waals surface area contributed by atoms with Crippen molar-refractivity contribution in [1.82, 2.24) is 9.80 Å². The minimum absolute atomic E-state index is 0.0167. The van der Waals surface area contributed by atoms with Gasteiger partial charge in [-0.2, -0.15) is 0 Å². The van der Waals surface area contributed by atoms with Crippen molar-refractivity contribution in [3.63, 3.8) is 0 Å². The van der Waals surface area contributed by atoms with Crippen LogP contribution >= 0.6 is 0 Å². The summed E-state index contributed by atoms with van der Waals surface area (Å²) in [6.07, 6.45) is -2.09. The van der Waals surface area contributed by atoms with Gasteiger partial charge in [0.2, 0.25) is 0 Å². The van der Waals surface area contributed by atoms with Crippen molar-refractivity contribution in [1.29, 1.82) is 0 Å². The number of hydrogen-bond donors (Lipinski definition) is 0. The van der Waals surface area contributed by atoms with Crippen LogP contribution in [-0.4, -0.2) is 106 Å². The Bertz CT molecular complexity index is 1800. The fraction of sp³-hybridized carbons (Fsp3) is 0.600.